The van der Waals surface area contributed by atoms with Crippen LogP contribution in [0.25, 0.3) is 0 Å². The summed E-state index contributed by atoms with van der Waals surface area (Å²) >= 11 is 6.38. The fourth-order valence-electron chi connectivity index (χ4n) is 2.73. The molecule has 2 aliphatic heterocycles. The second kappa shape index (κ2) is 4.07. The van der Waals surface area contributed by atoms with E-state index in [2.05, 4.69) is 6.92 Å². The minimum atomic E-state index is 0.287. The van der Waals surface area contributed by atoms with E-state index >= 15 is 0 Å². The lowest BCUT2D eigenvalue weighted by atomic mass is 9.91. The lowest BCUT2D eigenvalue weighted by Crippen LogP contribution is -2.12. The van der Waals surface area contributed by atoms with Crippen molar-refractivity contribution in [3.63, 3.8) is 0 Å². The Morgan fingerprint density at radius 1 is 1.18 bits per heavy atom. The summed E-state index contributed by atoms with van der Waals surface area (Å²) < 4.78 is 11.4. The minimum Gasteiger partial charge on any atom is -0.493 e. The molecule has 2 aliphatic rings. The van der Waals surface area contributed by atoms with Crippen LogP contribution >= 0.6 is 11.6 Å². The first-order valence-corrected chi connectivity index (χ1v) is 6.44. The molecule has 0 radical (unpaired) electrons. The predicted molar refractivity (Wildman–Crippen MR) is 67.3 cm³/mol. The summed E-state index contributed by atoms with van der Waals surface area (Å²) in [6.45, 7) is 4.16. The summed E-state index contributed by atoms with van der Waals surface area (Å²) in [5, 5.41) is 0.748. The maximum absolute atomic E-state index is 6.38. The fraction of sp³-hybridized carbons (Fsp3) is 0.538. The number of ether oxygens (including phenoxy) is 2. The van der Waals surface area contributed by atoms with Crippen LogP contribution in [0, 0.1) is 0 Å². The van der Waals surface area contributed by atoms with Gasteiger partial charge in [0.05, 0.1) is 18.2 Å². The van der Waals surface area contributed by atoms with Crippen LogP contribution in [0.3, 0.4) is 0 Å². The Balaban J connectivity index is 2.26. The Labute approximate surface area is 106 Å². The Kier molecular flexibility index (Phi) is 2.68. The number of halogens is 1. The molecule has 3 nitrogen and oxygen atoms in total. The molecule has 1 aromatic rings. The highest BCUT2D eigenvalue weighted by Gasteiger charge is 2.32. The molecule has 0 saturated heterocycles. The van der Waals surface area contributed by atoms with E-state index in [1.165, 1.54) is 11.1 Å². The van der Waals surface area contributed by atoms with Gasteiger partial charge in [0, 0.05) is 29.5 Å². The lowest BCUT2D eigenvalue weighted by molar-refractivity contribution is 0.351. The quantitative estimate of drug-likeness (QED) is 0.880. The van der Waals surface area contributed by atoms with Crippen molar-refractivity contribution in [1.82, 2.24) is 0 Å². The molecular formula is C13H16ClNO2. The van der Waals surface area contributed by atoms with Crippen molar-refractivity contribution in [2.75, 3.05) is 19.8 Å². The van der Waals surface area contributed by atoms with Crippen LogP contribution in [0.2, 0.25) is 5.02 Å². The van der Waals surface area contributed by atoms with Crippen LogP contribution in [0.15, 0.2) is 0 Å². The molecule has 3 rings (SSSR count). The molecular weight excluding hydrogens is 238 g/mol. The number of rotatable bonds is 2. The molecule has 0 fully saturated rings. The van der Waals surface area contributed by atoms with Crippen LogP contribution in [-0.2, 0) is 12.8 Å². The Hall–Kier alpha value is -0.930. The summed E-state index contributed by atoms with van der Waals surface area (Å²) in [6, 6.07) is 0. The van der Waals surface area contributed by atoms with E-state index in [4.69, 9.17) is 26.8 Å². The van der Waals surface area contributed by atoms with Gasteiger partial charge in [0.25, 0.3) is 0 Å². The van der Waals surface area contributed by atoms with E-state index in [0.29, 0.717) is 19.8 Å². The summed E-state index contributed by atoms with van der Waals surface area (Å²) in [7, 11) is 0. The molecule has 0 bridgehead atoms. The summed E-state index contributed by atoms with van der Waals surface area (Å²) in [4.78, 5) is 0. The highest BCUT2D eigenvalue weighted by molar-refractivity contribution is 6.33. The van der Waals surface area contributed by atoms with Crippen LogP contribution in [0.1, 0.15) is 29.5 Å². The number of fused-ring (bicyclic) bond motifs is 2. The molecule has 0 amide bonds. The average Bonchev–Trinajstić information content (AvgIpc) is 2.96. The summed E-state index contributed by atoms with van der Waals surface area (Å²) in [5.74, 6) is 2.12. The lowest BCUT2D eigenvalue weighted by Gasteiger charge is -2.18. The summed E-state index contributed by atoms with van der Waals surface area (Å²) in [6.07, 6.45) is 1.78. The molecule has 1 unspecified atom stereocenters. The van der Waals surface area contributed by atoms with E-state index < -0.39 is 0 Å². The number of nitrogens with two attached hydrogens (primary N) is 1. The van der Waals surface area contributed by atoms with E-state index in [9.17, 15) is 0 Å². The number of hydrogen-bond acceptors (Lipinski definition) is 3. The maximum atomic E-state index is 6.38. The molecule has 0 saturated carbocycles. The molecule has 4 heteroatoms. The van der Waals surface area contributed by atoms with Crippen molar-refractivity contribution < 1.29 is 9.47 Å². The monoisotopic (exact) mass is 253 g/mol. The van der Waals surface area contributed by atoms with Gasteiger partial charge in [-0.05, 0) is 12.5 Å². The Morgan fingerprint density at radius 2 is 1.82 bits per heavy atom. The van der Waals surface area contributed by atoms with Gasteiger partial charge in [-0.15, -0.1) is 0 Å². The Bertz CT molecular complexity index is 438. The zero-order chi connectivity index (χ0) is 12.0. The second-order valence-corrected chi connectivity index (χ2v) is 5.05. The van der Waals surface area contributed by atoms with Crippen molar-refractivity contribution in [2.24, 2.45) is 5.73 Å². The molecule has 92 valence electrons. The van der Waals surface area contributed by atoms with Crippen molar-refractivity contribution in [3.8, 4) is 11.5 Å². The molecule has 2 heterocycles. The van der Waals surface area contributed by atoms with E-state index in [0.717, 1.165) is 34.9 Å². The zero-order valence-corrected chi connectivity index (χ0v) is 10.6. The van der Waals surface area contributed by atoms with Crippen molar-refractivity contribution in [3.05, 3.63) is 21.7 Å². The third-order valence-corrected chi connectivity index (χ3v) is 4.03. The molecule has 0 spiro atoms. The van der Waals surface area contributed by atoms with Crippen LogP contribution in [0.5, 0.6) is 11.5 Å². The van der Waals surface area contributed by atoms with Gasteiger partial charge in [-0.2, -0.15) is 0 Å². The standard InChI is InChI=1S/C13H16ClNO2/c1-7(6-15)10-8-2-4-17-13(8)11(14)9-3-5-16-12(9)10/h7H,2-6,15H2,1H3. The van der Waals surface area contributed by atoms with Gasteiger partial charge < -0.3 is 15.2 Å². The largest absolute Gasteiger partial charge is 0.493 e. The topological polar surface area (TPSA) is 44.5 Å². The molecule has 0 aliphatic carbocycles. The third kappa shape index (κ3) is 1.53. The first-order valence-electron chi connectivity index (χ1n) is 6.06. The number of hydrogen-bond donors (Lipinski definition) is 1. The molecule has 1 atom stereocenters. The van der Waals surface area contributed by atoms with Gasteiger partial charge in [0.15, 0.2) is 0 Å². The predicted octanol–water partition coefficient (Wildman–Crippen LogP) is 2.27. The zero-order valence-electron chi connectivity index (χ0n) is 9.88. The van der Waals surface area contributed by atoms with Crippen molar-refractivity contribution in [2.45, 2.75) is 25.7 Å². The van der Waals surface area contributed by atoms with Gasteiger partial charge >= 0.3 is 0 Å². The highest BCUT2D eigenvalue weighted by atomic mass is 35.5. The Morgan fingerprint density at radius 3 is 2.53 bits per heavy atom. The normalized spacial score (nSPS) is 18.3. The minimum absolute atomic E-state index is 0.287. The van der Waals surface area contributed by atoms with Crippen LogP contribution < -0.4 is 15.2 Å². The smallest absolute Gasteiger partial charge is 0.142 e. The summed E-state index contributed by atoms with van der Waals surface area (Å²) in [5.41, 5.74) is 9.32. The van der Waals surface area contributed by atoms with Gasteiger partial charge in [-0.25, -0.2) is 0 Å². The molecule has 0 aromatic heterocycles. The molecule has 1 aromatic carbocycles. The van der Waals surface area contributed by atoms with Crippen molar-refractivity contribution >= 4 is 11.6 Å². The fourth-order valence-corrected chi connectivity index (χ4v) is 3.08. The van der Waals surface area contributed by atoms with E-state index in [1.807, 2.05) is 0 Å². The van der Waals surface area contributed by atoms with E-state index in [1.54, 1.807) is 0 Å². The molecule has 17 heavy (non-hydrogen) atoms. The highest BCUT2D eigenvalue weighted by Crippen LogP contribution is 2.49. The second-order valence-electron chi connectivity index (χ2n) is 4.68. The number of benzene rings is 1. The van der Waals surface area contributed by atoms with Gasteiger partial charge in [0.2, 0.25) is 0 Å². The molecule has 2 N–H and O–H groups in total. The van der Waals surface area contributed by atoms with Gasteiger partial charge in [0.1, 0.15) is 11.5 Å². The average molecular weight is 254 g/mol. The first-order chi connectivity index (χ1) is 8.24. The van der Waals surface area contributed by atoms with E-state index in [-0.39, 0.29) is 5.92 Å². The third-order valence-electron chi connectivity index (χ3n) is 3.63. The van der Waals surface area contributed by atoms with Gasteiger partial charge in [-0.3, -0.25) is 0 Å². The van der Waals surface area contributed by atoms with Crippen LogP contribution in [0.4, 0.5) is 0 Å². The first kappa shape index (κ1) is 11.2. The van der Waals surface area contributed by atoms with Gasteiger partial charge in [-0.1, -0.05) is 18.5 Å². The SMILES string of the molecule is CC(CN)c1c2c(c(Cl)c3c1OCC3)OCC2. The van der Waals surface area contributed by atoms with Crippen LogP contribution in [-0.4, -0.2) is 19.8 Å². The van der Waals surface area contributed by atoms with Crippen molar-refractivity contribution in [1.29, 1.82) is 0 Å². The maximum Gasteiger partial charge on any atom is 0.142 e.